The molecule has 0 bridgehead atoms. The summed E-state index contributed by atoms with van der Waals surface area (Å²) in [7, 11) is 0. The van der Waals surface area contributed by atoms with E-state index in [1.165, 1.54) is 0 Å². The summed E-state index contributed by atoms with van der Waals surface area (Å²) >= 11 is 0. The Labute approximate surface area is 197 Å². The van der Waals surface area contributed by atoms with Crippen LogP contribution in [0.25, 0.3) is 0 Å². The maximum absolute atomic E-state index is 13.6. The summed E-state index contributed by atoms with van der Waals surface area (Å²) in [4.78, 5) is 28.7. The highest BCUT2D eigenvalue weighted by atomic mass is 16.2. The van der Waals surface area contributed by atoms with Crippen molar-refractivity contribution >= 4 is 11.8 Å². The van der Waals surface area contributed by atoms with Crippen LogP contribution in [0.1, 0.15) is 42.0 Å². The molecule has 172 valence electrons. The van der Waals surface area contributed by atoms with Crippen LogP contribution in [-0.2, 0) is 29.0 Å². The van der Waals surface area contributed by atoms with Crippen molar-refractivity contribution in [3.63, 3.8) is 0 Å². The van der Waals surface area contributed by atoms with Crippen molar-refractivity contribution in [3.05, 3.63) is 107 Å². The first-order valence-electron chi connectivity index (χ1n) is 11.8. The second kappa shape index (κ2) is 12.6. The van der Waals surface area contributed by atoms with E-state index >= 15 is 0 Å². The Morgan fingerprint density at radius 2 is 1.45 bits per heavy atom. The Morgan fingerprint density at radius 3 is 2.09 bits per heavy atom. The highest BCUT2D eigenvalue weighted by Crippen LogP contribution is 2.18. The Balaban J connectivity index is 1.89. The summed E-state index contributed by atoms with van der Waals surface area (Å²) in [6, 6.07) is 27.5. The van der Waals surface area contributed by atoms with Gasteiger partial charge in [0, 0.05) is 25.9 Å². The van der Waals surface area contributed by atoms with E-state index in [2.05, 4.69) is 5.32 Å². The fraction of sp³-hybridized carbons (Fsp3) is 0.310. The molecule has 33 heavy (non-hydrogen) atoms. The van der Waals surface area contributed by atoms with Crippen LogP contribution in [0, 0.1) is 6.92 Å². The Hall–Kier alpha value is -3.40. The van der Waals surface area contributed by atoms with Crippen LogP contribution in [0.2, 0.25) is 0 Å². The van der Waals surface area contributed by atoms with E-state index < -0.39 is 6.04 Å². The Bertz CT molecular complexity index is 1020. The van der Waals surface area contributed by atoms with Crippen molar-refractivity contribution in [1.29, 1.82) is 0 Å². The van der Waals surface area contributed by atoms with E-state index in [4.69, 9.17) is 0 Å². The molecule has 3 rings (SSSR count). The van der Waals surface area contributed by atoms with Crippen LogP contribution in [0.4, 0.5) is 0 Å². The minimum Gasteiger partial charge on any atom is -0.354 e. The summed E-state index contributed by atoms with van der Waals surface area (Å²) in [5.74, 6) is -0.1000. The zero-order chi connectivity index (χ0) is 23.5. The third-order valence-corrected chi connectivity index (χ3v) is 5.89. The molecule has 0 radical (unpaired) electrons. The standard InChI is InChI=1S/C29H34N2O2/c1-3-20-30-29(33)27(21-25-15-8-5-9-16-25)31(22-26-17-11-10-12-23(26)2)28(32)19-18-24-13-6-4-7-14-24/h4-17,27H,3,18-22H2,1-2H3,(H,30,33)/t27-/m0/s1. The number of amides is 2. The van der Waals surface area contributed by atoms with Crippen molar-refractivity contribution in [1.82, 2.24) is 10.2 Å². The number of carbonyl (C=O) groups is 2. The number of hydrogen-bond acceptors (Lipinski definition) is 2. The average Bonchev–Trinajstić information content (AvgIpc) is 2.85. The number of hydrogen-bond donors (Lipinski definition) is 1. The van der Waals surface area contributed by atoms with E-state index in [1.807, 2.05) is 98.8 Å². The van der Waals surface area contributed by atoms with Crippen LogP contribution < -0.4 is 5.32 Å². The van der Waals surface area contributed by atoms with Gasteiger partial charge in [-0.25, -0.2) is 0 Å². The molecule has 0 aliphatic carbocycles. The van der Waals surface area contributed by atoms with Gasteiger partial charge in [0.05, 0.1) is 0 Å². The first kappa shape index (κ1) is 24.2. The highest BCUT2D eigenvalue weighted by molar-refractivity contribution is 5.88. The molecule has 0 aliphatic heterocycles. The van der Waals surface area contributed by atoms with Crippen molar-refractivity contribution in [2.75, 3.05) is 6.54 Å². The van der Waals surface area contributed by atoms with Gasteiger partial charge in [-0.2, -0.15) is 0 Å². The predicted octanol–water partition coefficient (Wildman–Crippen LogP) is 5.09. The topological polar surface area (TPSA) is 49.4 Å². The normalized spacial score (nSPS) is 11.6. The lowest BCUT2D eigenvalue weighted by molar-refractivity contribution is -0.141. The molecule has 0 aliphatic rings. The molecular formula is C29H34N2O2. The zero-order valence-corrected chi connectivity index (χ0v) is 19.7. The fourth-order valence-electron chi connectivity index (χ4n) is 3.93. The Morgan fingerprint density at radius 1 is 0.848 bits per heavy atom. The van der Waals surface area contributed by atoms with Crippen LogP contribution in [-0.4, -0.2) is 29.3 Å². The molecule has 3 aromatic rings. The van der Waals surface area contributed by atoms with E-state index in [0.717, 1.165) is 28.7 Å². The second-order valence-corrected chi connectivity index (χ2v) is 8.43. The molecule has 4 nitrogen and oxygen atoms in total. The minimum absolute atomic E-state index is 0.00492. The number of rotatable bonds is 11. The largest absolute Gasteiger partial charge is 0.354 e. The third kappa shape index (κ3) is 7.31. The molecule has 0 fully saturated rings. The van der Waals surface area contributed by atoms with Crippen molar-refractivity contribution in [2.24, 2.45) is 0 Å². The Kier molecular flexibility index (Phi) is 9.25. The maximum atomic E-state index is 13.6. The van der Waals surface area contributed by atoms with Crippen molar-refractivity contribution < 1.29 is 9.59 Å². The molecule has 4 heteroatoms. The van der Waals surface area contributed by atoms with Gasteiger partial charge in [-0.05, 0) is 42.0 Å². The lowest BCUT2D eigenvalue weighted by atomic mass is 10.0. The summed E-state index contributed by atoms with van der Waals surface area (Å²) in [5.41, 5.74) is 4.34. The van der Waals surface area contributed by atoms with Crippen LogP contribution >= 0.6 is 0 Å². The quantitative estimate of drug-likeness (QED) is 0.449. The monoisotopic (exact) mass is 442 g/mol. The summed E-state index contributed by atoms with van der Waals surface area (Å²) in [6.45, 7) is 5.09. The molecule has 0 unspecified atom stereocenters. The summed E-state index contributed by atoms with van der Waals surface area (Å²) in [5, 5.41) is 3.03. The maximum Gasteiger partial charge on any atom is 0.243 e. The number of nitrogens with zero attached hydrogens (tertiary/aromatic N) is 1. The van der Waals surface area contributed by atoms with Gasteiger partial charge in [0.15, 0.2) is 0 Å². The van der Waals surface area contributed by atoms with E-state index in [-0.39, 0.29) is 11.8 Å². The van der Waals surface area contributed by atoms with Gasteiger partial charge in [-0.3, -0.25) is 9.59 Å². The summed E-state index contributed by atoms with van der Waals surface area (Å²) in [6.07, 6.45) is 2.35. The lowest BCUT2D eigenvalue weighted by Crippen LogP contribution is -2.50. The van der Waals surface area contributed by atoms with Gasteiger partial charge in [0.25, 0.3) is 0 Å². The van der Waals surface area contributed by atoms with Gasteiger partial charge in [0.1, 0.15) is 6.04 Å². The average molecular weight is 443 g/mol. The second-order valence-electron chi connectivity index (χ2n) is 8.43. The molecule has 3 aromatic carbocycles. The molecule has 0 aromatic heterocycles. The SMILES string of the molecule is CCCNC(=O)[C@H](Cc1ccccc1)N(Cc1ccccc1C)C(=O)CCc1ccccc1. The number of aryl methyl sites for hydroxylation is 2. The minimum atomic E-state index is -0.568. The van der Waals surface area contributed by atoms with E-state index in [9.17, 15) is 9.59 Å². The third-order valence-electron chi connectivity index (χ3n) is 5.89. The van der Waals surface area contributed by atoms with E-state index in [1.54, 1.807) is 4.90 Å². The molecule has 0 heterocycles. The molecule has 1 atom stereocenters. The molecule has 0 saturated carbocycles. The molecule has 0 saturated heterocycles. The van der Waals surface area contributed by atoms with Crippen LogP contribution in [0.3, 0.4) is 0 Å². The van der Waals surface area contributed by atoms with Gasteiger partial charge < -0.3 is 10.2 Å². The molecule has 1 N–H and O–H groups in total. The lowest BCUT2D eigenvalue weighted by Gasteiger charge is -2.32. The van der Waals surface area contributed by atoms with Crippen molar-refractivity contribution in [2.45, 2.75) is 52.1 Å². The summed E-state index contributed by atoms with van der Waals surface area (Å²) < 4.78 is 0. The van der Waals surface area contributed by atoms with Gasteiger partial charge >= 0.3 is 0 Å². The highest BCUT2D eigenvalue weighted by Gasteiger charge is 2.30. The number of nitrogens with one attached hydrogen (secondary N) is 1. The molecule has 2 amide bonds. The van der Waals surface area contributed by atoms with Crippen LogP contribution in [0.15, 0.2) is 84.9 Å². The predicted molar refractivity (Wildman–Crippen MR) is 134 cm³/mol. The van der Waals surface area contributed by atoms with Gasteiger partial charge in [-0.15, -0.1) is 0 Å². The van der Waals surface area contributed by atoms with Crippen molar-refractivity contribution in [3.8, 4) is 0 Å². The number of benzene rings is 3. The smallest absolute Gasteiger partial charge is 0.243 e. The molecular weight excluding hydrogens is 408 g/mol. The zero-order valence-electron chi connectivity index (χ0n) is 19.7. The van der Waals surface area contributed by atoms with Gasteiger partial charge in [-0.1, -0.05) is 91.9 Å². The van der Waals surface area contributed by atoms with Crippen LogP contribution in [0.5, 0.6) is 0 Å². The van der Waals surface area contributed by atoms with E-state index in [0.29, 0.717) is 32.4 Å². The number of carbonyl (C=O) groups excluding carboxylic acids is 2. The first-order valence-corrected chi connectivity index (χ1v) is 11.8. The molecule has 0 spiro atoms. The fourth-order valence-corrected chi connectivity index (χ4v) is 3.93. The van der Waals surface area contributed by atoms with Gasteiger partial charge in [0.2, 0.25) is 11.8 Å². The first-order chi connectivity index (χ1) is 16.1.